The Labute approximate surface area is 107 Å². The lowest BCUT2D eigenvalue weighted by molar-refractivity contribution is -0.140. The summed E-state index contributed by atoms with van der Waals surface area (Å²) in [7, 11) is 3.45. The summed E-state index contributed by atoms with van der Waals surface area (Å²) in [5.41, 5.74) is 1.09. The Morgan fingerprint density at radius 3 is 2.72 bits per heavy atom. The highest BCUT2D eigenvalue weighted by atomic mass is 16.5. The summed E-state index contributed by atoms with van der Waals surface area (Å²) in [6.45, 7) is 1.30. The number of carbonyl (C=O) groups excluding carboxylic acids is 1. The van der Waals surface area contributed by atoms with Crippen molar-refractivity contribution in [2.75, 3.05) is 20.8 Å². The Morgan fingerprint density at radius 2 is 2.17 bits per heavy atom. The lowest BCUT2D eigenvalue weighted by atomic mass is 10.2. The van der Waals surface area contributed by atoms with Crippen molar-refractivity contribution in [3.63, 3.8) is 0 Å². The van der Waals surface area contributed by atoms with E-state index < -0.39 is 0 Å². The van der Waals surface area contributed by atoms with Gasteiger partial charge < -0.3 is 14.4 Å². The van der Waals surface area contributed by atoms with Gasteiger partial charge in [-0.1, -0.05) is 12.1 Å². The summed E-state index contributed by atoms with van der Waals surface area (Å²) in [5.74, 6) is 0.898. The first-order valence-corrected chi connectivity index (χ1v) is 6.20. The van der Waals surface area contributed by atoms with E-state index in [4.69, 9.17) is 9.47 Å². The number of carbonyl (C=O) groups is 1. The number of methoxy groups -OCH3 is 1. The third-order valence-electron chi connectivity index (χ3n) is 3.16. The highest BCUT2D eigenvalue weighted by Crippen LogP contribution is 2.16. The van der Waals surface area contributed by atoms with Crippen LogP contribution in [0.4, 0.5) is 0 Å². The Bertz CT molecular complexity index is 396. The fourth-order valence-electron chi connectivity index (χ4n) is 2.10. The van der Waals surface area contributed by atoms with Gasteiger partial charge in [0.2, 0.25) is 0 Å². The SMILES string of the molecule is COc1ccc(CN(C)C(=O)C2CCCO2)cc1. The van der Waals surface area contributed by atoms with E-state index >= 15 is 0 Å². The molecule has 0 N–H and O–H groups in total. The highest BCUT2D eigenvalue weighted by Gasteiger charge is 2.26. The number of ether oxygens (including phenoxy) is 2. The van der Waals surface area contributed by atoms with E-state index in [9.17, 15) is 4.79 Å². The van der Waals surface area contributed by atoms with Gasteiger partial charge in [0.05, 0.1) is 7.11 Å². The molecule has 1 amide bonds. The maximum Gasteiger partial charge on any atom is 0.251 e. The molecule has 4 heteroatoms. The summed E-state index contributed by atoms with van der Waals surface area (Å²) in [5, 5.41) is 0. The van der Waals surface area contributed by atoms with Crippen LogP contribution < -0.4 is 4.74 Å². The molecule has 1 saturated heterocycles. The third kappa shape index (κ3) is 3.01. The van der Waals surface area contributed by atoms with Crippen LogP contribution in [0.3, 0.4) is 0 Å². The molecule has 1 fully saturated rings. The molecule has 1 aliphatic rings. The molecular weight excluding hydrogens is 230 g/mol. The van der Waals surface area contributed by atoms with E-state index in [-0.39, 0.29) is 12.0 Å². The average Bonchev–Trinajstić information content (AvgIpc) is 2.92. The Hall–Kier alpha value is -1.55. The number of benzene rings is 1. The van der Waals surface area contributed by atoms with E-state index in [1.54, 1.807) is 12.0 Å². The Morgan fingerprint density at radius 1 is 1.44 bits per heavy atom. The third-order valence-corrected chi connectivity index (χ3v) is 3.16. The highest BCUT2D eigenvalue weighted by molar-refractivity contribution is 5.80. The monoisotopic (exact) mass is 249 g/mol. The molecular formula is C14H19NO3. The second-order valence-electron chi connectivity index (χ2n) is 4.54. The summed E-state index contributed by atoms with van der Waals surface area (Å²) in [4.78, 5) is 13.8. The molecule has 1 aliphatic heterocycles. The van der Waals surface area contributed by atoms with Crippen molar-refractivity contribution in [3.05, 3.63) is 29.8 Å². The topological polar surface area (TPSA) is 38.8 Å². The molecule has 1 aromatic carbocycles. The van der Waals surface area contributed by atoms with Gasteiger partial charge in [0.15, 0.2) is 0 Å². The normalized spacial score (nSPS) is 18.7. The maximum absolute atomic E-state index is 12.0. The number of hydrogen-bond acceptors (Lipinski definition) is 3. The molecule has 0 radical (unpaired) electrons. The Kier molecular flexibility index (Phi) is 4.20. The minimum Gasteiger partial charge on any atom is -0.497 e. The van der Waals surface area contributed by atoms with Crippen LogP contribution in [0.1, 0.15) is 18.4 Å². The molecule has 1 aromatic rings. The van der Waals surface area contributed by atoms with Gasteiger partial charge in [0.1, 0.15) is 11.9 Å². The predicted molar refractivity (Wildman–Crippen MR) is 68.4 cm³/mol. The first kappa shape index (κ1) is 12.9. The fourth-order valence-corrected chi connectivity index (χ4v) is 2.10. The second-order valence-corrected chi connectivity index (χ2v) is 4.54. The van der Waals surface area contributed by atoms with Crippen molar-refractivity contribution in [1.29, 1.82) is 0 Å². The van der Waals surface area contributed by atoms with Gasteiger partial charge in [-0.25, -0.2) is 0 Å². The second kappa shape index (κ2) is 5.87. The van der Waals surface area contributed by atoms with E-state index in [0.29, 0.717) is 13.2 Å². The van der Waals surface area contributed by atoms with Gasteiger partial charge in [-0.2, -0.15) is 0 Å². The zero-order valence-corrected chi connectivity index (χ0v) is 10.9. The van der Waals surface area contributed by atoms with Gasteiger partial charge in [0, 0.05) is 20.2 Å². The van der Waals surface area contributed by atoms with Crippen LogP contribution in [0.2, 0.25) is 0 Å². The largest absolute Gasteiger partial charge is 0.497 e. The summed E-state index contributed by atoms with van der Waals surface area (Å²) in [6.07, 6.45) is 1.58. The predicted octanol–water partition coefficient (Wildman–Crippen LogP) is 1.83. The molecule has 1 heterocycles. The van der Waals surface area contributed by atoms with Gasteiger partial charge in [-0.15, -0.1) is 0 Å². The molecule has 0 bridgehead atoms. The summed E-state index contributed by atoms with van der Waals surface area (Å²) in [6, 6.07) is 7.75. The molecule has 2 rings (SSSR count). The van der Waals surface area contributed by atoms with E-state index in [1.807, 2.05) is 31.3 Å². The molecule has 0 aliphatic carbocycles. The summed E-state index contributed by atoms with van der Waals surface area (Å²) < 4.78 is 10.5. The van der Waals surface area contributed by atoms with Crippen LogP contribution >= 0.6 is 0 Å². The zero-order valence-electron chi connectivity index (χ0n) is 10.9. The van der Waals surface area contributed by atoms with Crippen molar-refractivity contribution in [2.45, 2.75) is 25.5 Å². The minimum atomic E-state index is -0.242. The van der Waals surface area contributed by atoms with Crippen molar-refractivity contribution in [2.24, 2.45) is 0 Å². The van der Waals surface area contributed by atoms with Crippen molar-refractivity contribution in [3.8, 4) is 5.75 Å². The van der Waals surface area contributed by atoms with Gasteiger partial charge in [-0.3, -0.25) is 4.79 Å². The van der Waals surface area contributed by atoms with Crippen molar-refractivity contribution in [1.82, 2.24) is 4.90 Å². The van der Waals surface area contributed by atoms with Gasteiger partial charge in [0.25, 0.3) is 5.91 Å². The average molecular weight is 249 g/mol. The lowest BCUT2D eigenvalue weighted by Crippen LogP contribution is -2.35. The summed E-state index contributed by atoms with van der Waals surface area (Å²) >= 11 is 0. The molecule has 0 saturated carbocycles. The van der Waals surface area contributed by atoms with Crippen LogP contribution in [0.25, 0.3) is 0 Å². The standard InChI is InChI=1S/C14H19NO3/c1-15(14(16)13-4-3-9-18-13)10-11-5-7-12(17-2)8-6-11/h5-8,13H,3-4,9-10H2,1-2H3. The molecule has 18 heavy (non-hydrogen) atoms. The van der Waals surface area contributed by atoms with Crippen LogP contribution in [-0.4, -0.2) is 37.7 Å². The van der Waals surface area contributed by atoms with Gasteiger partial charge >= 0.3 is 0 Å². The molecule has 1 unspecified atom stereocenters. The number of likely N-dealkylation sites (N-methyl/N-ethyl adjacent to an activating group) is 1. The molecule has 1 atom stereocenters. The number of rotatable bonds is 4. The quantitative estimate of drug-likeness (QED) is 0.817. The fraction of sp³-hybridized carbons (Fsp3) is 0.500. The van der Waals surface area contributed by atoms with Crippen LogP contribution in [0, 0.1) is 0 Å². The lowest BCUT2D eigenvalue weighted by Gasteiger charge is -2.20. The first-order chi connectivity index (χ1) is 8.70. The van der Waals surface area contributed by atoms with E-state index in [2.05, 4.69) is 0 Å². The van der Waals surface area contributed by atoms with E-state index in [0.717, 1.165) is 24.2 Å². The smallest absolute Gasteiger partial charge is 0.251 e. The first-order valence-electron chi connectivity index (χ1n) is 6.20. The van der Waals surface area contributed by atoms with Crippen LogP contribution in [0.15, 0.2) is 24.3 Å². The number of hydrogen-bond donors (Lipinski definition) is 0. The minimum absolute atomic E-state index is 0.0725. The van der Waals surface area contributed by atoms with Gasteiger partial charge in [-0.05, 0) is 30.5 Å². The van der Waals surface area contributed by atoms with Crippen molar-refractivity contribution < 1.29 is 14.3 Å². The van der Waals surface area contributed by atoms with E-state index in [1.165, 1.54) is 0 Å². The molecule has 4 nitrogen and oxygen atoms in total. The maximum atomic E-state index is 12.0. The zero-order chi connectivity index (χ0) is 13.0. The molecule has 0 aromatic heterocycles. The molecule has 0 spiro atoms. The van der Waals surface area contributed by atoms with Crippen LogP contribution in [0.5, 0.6) is 5.75 Å². The number of amides is 1. The molecule has 98 valence electrons. The van der Waals surface area contributed by atoms with Crippen molar-refractivity contribution >= 4 is 5.91 Å². The van der Waals surface area contributed by atoms with Crippen LogP contribution in [-0.2, 0) is 16.1 Å². The Balaban J connectivity index is 1.92. The number of nitrogens with zero attached hydrogens (tertiary/aromatic N) is 1.